The molecule has 3 rings (SSSR count). The average Bonchev–Trinajstić information content (AvgIpc) is 3.09. The zero-order valence-electron chi connectivity index (χ0n) is 17.4. The second-order valence-electron chi connectivity index (χ2n) is 6.84. The van der Waals surface area contributed by atoms with Crippen molar-refractivity contribution >= 4 is 45.5 Å². The van der Waals surface area contributed by atoms with E-state index < -0.39 is 22.7 Å². The fourth-order valence-corrected chi connectivity index (χ4v) is 4.10. The maximum absolute atomic E-state index is 12.9. The Bertz CT molecular complexity index is 1230. The zero-order chi connectivity index (χ0) is 23.4. The molecule has 0 bridgehead atoms. The molecule has 2 N–H and O–H groups in total. The lowest BCUT2D eigenvalue weighted by atomic mass is 10.1. The molecule has 0 spiro atoms. The first-order chi connectivity index (χ1) is 15.2. The molecule has 0 atom stereocenters. The number of nitro benzene ring substituents is 1. The molecule has 1 heterocycles. The lowest BCUT2D eigenvalue weighted by molar-refractivity contribution is -0.384. The fourth-order valence-electron chi connectivity index (χ4n) is 3.01. The van der Waals surface area contributed by atoms with Crippen LogP contribution in [0.4, 0.5) is 16.4 Å². The fraction of sp³-hybridized carbons (Fsp3) is 0.136. The van der Waals surface area contributed by atoms with Gasteiger partial charge in [-0.1, -0.05) is 23.8 Å². The number of anilines is 2. The zero-order valence-corrected chi connectivity index (χ0v) is 18.2. The first kappa shape index (κ1) is 22.6. The standard InChI is InChI=1S/C22H19N3O6S/c1-12-6-4-7-14(10-12)19(26)24-21-17(22(28)31-3)13(2)18(32-21)20(27)23-15-8-5-9-16(11-15)25(29)30/h4-11H,1-3H3,(H,23,27)(H,24,26). The molecule has 2 aromatic carbocycles. The number of hydrogen-bond acceptors (Lipinski definition) is 7. The number of aryl methyl sites for hydroxylation is 1. The first-order valence-corrected chi connectivity index (χ1v) is 10.2. The van der Waals surface area contributed by atoms with Gasteiger partial charge in [-0.05, 0) is 37.6 Å². The molecule has 0 fully saturated rings. The molecule has 0 radical (unpaired) electrons. The third-order valence-corrected chi connectivity index (χ3v) is 5.77. The largest absolute Gasteiger partial charge is 0.465 e. The minimum Gasteiger partial charge on any atom is -0.465 e. The Kier molecular flexibility index (Phi) is 6.64. The summed E-state index contributed by atoms with van der Waals surface area (Å²) in [5, 5.41) is 16.4. The molecule has 0 aliphatic heterocycles. The summed E-state index contributed by atoms with van der Waals surface area (Å²) >= 11 is 0.916. The van der Waals surface area contributed by atoms with Gasteiger partial charge in [-0.3, -0.25) is 19.7 Å². The highest BCUT2D eigenvalue weighted by Gasteiger charge is 2.27. The van der Waals surface area contributed by atoms with Crippen molar-refractivity contribution in [2.45, 2.75) is 13.8 Å². The van der Waals surface area contributed by atoms with E-state index in [0.29, 0.717) is 11.1 Å². The highest BCUT2D eigenvalue weighted by Crippen LogP contribution is 2.34. The molecule has 0 saturated heterocycles. The lowest BCUT2D eigenvalue weighted by Gasteiger charge is -2.06. The van der Waals surface area contributed by atoms with Crippen LogP contribution in [-0.2, 0) is 4.74 Å². The number of amides is 2. The number of nitro groups is 1. The van der Waals surface area contributed by atoms with Crippen LogP contribution in [-0.4, -0.2) is 29.8 Å². The Labute approximate surface area is 187 Å². The van der Waals surface area contributed by atoms with E-state index >= 15 is 0 Å². The molecule has 0 aliphatic carbocycles. The van der Waals surface area contributed by atoms with Crippen molar-refractivity contribution in [3.05, 3.63) is 85.8 Å². The van der Waals surface area contributed by atoms with Gasteiger partial charge in [0.05, 0.1) is 22.5 Å². The predicted molar refractivity (Wildman–Crippen MR) is 121 cm³/mol. The van der Waals surface area contributed by atoms with Crippen LogP contribution in [0.15, 0.2) is 48.5 Å². The van der Waals surface area contributed by atoms with Crippen molar-refractivity contribution in [3.8, 4) is 0 Å². The molecule has 0 unspecified atom stereocenters. The molecule has 2 amide bonds. The number of methoxy groups -OCH3 is 1. The molecule has 1 aromatic heterocycles. The highest BCUT2D eigenvalue weighted by molar-refractivity contribution is 7.19. The minimum atomic E-state index is -0.701. The van der Waals surface area contributed by atoms with Crippen LogP contribution in [0.3, 0.4) is 0 Å². The minimum absolute atomic E-state index is 0.0719. The number of nitrogens with one attached hydrogen (secondary N) is 2. The van der Waals surface area contributed by atoms with E-state index in [4.69, 9.17) is 4.74 Å². The summed E-state index contributed by atoms with van der Waals surface area (Å²) in [5.74, 6) is -1.72. The van der Waals surface area contributed by atoms with Crippen molar-refractivity contribution in [1.29, 1.82) is 0 Å². The third-order valence-electron chi connectivity index (χ3n) is 4.56. The molecule has 3 aromatic rings. The summed E-state index contributed by atoms with van der Waals surface area (Å²) in [6.07, 6.45) is 0. The normalized spacial score (nSPS) is 10.3. The lowest BCUT2D eigenvalue weighted by Crippen LogP contribution is -2.14. The smallest absolute Gasteiger partial charge is 0.341 e. The third kappa shape index (κ3) is 4.81. The highest BCUT2D eigenvalue weighted by atomic mass is 32.1. The van der Waals surface area contributed by atoms with Crippen LogP contribution in [0, 0.1) is 24.0 Å². The van der Waals surface area contributed by atoms with Crippen LogP contribution >= 0.6 is 11.3 Å². The van der Waals surface area contributed by atoms with Crippen LogP contribution in [0.5, 0.6) is 0 Å². The molecule has 9 nitrogen and oxygen atoms in total. The number of rotatable bonds is 6. The number of nitrogens with zero attached hydrogens (tertiary/aromatic N) is 1. The Balaban J connectivity index is 1.93. The number of esters is 1. The van der Waals surface area contributed by atoms with Crippen molar-refractivity contribution in [2.75, 3.05) is 17.7 Å². The van der Waals surface area contributed by atoms with Crippen LogP contribution in [0.2, 0.25) is 0 Å². The monoisotopic (exact) mass is 453 g/mol. The van der Waals surface area contributed by atoms with Gasteiger partial charge in [0, 0.05) is 23.4 Å². The number of thiophene rings is 1. The van der Waals surface area contributed by atoms with E-state index in [1.54, 1.807) is 25.1 Å². The van der Waals surface area contributed by atoms with Gasteiger partial charge in [-0.25, -0.2) is 4.79 Å². The van der Waals surface area contributed by atoms with E-state index in [9.17, 15) is 24.5 Å². The number of ether oxygens (including phenoxy) is 1. The molecule has 10 heteroatoms. The van der Waals surface area contributed by atoms with Crippen molar-refractivity contribution in [3.63, 3.8) is 0 Å². The number of carbonyl (C=O) groups excluding carboxylic acids is 3. The van der Waals surface area contributed by atoms with Crippen LogP contribution in [0.25, 0.3) is 0 Å². The van der Waals surface area contributed by atoms with E-state index in [1.807, 2.05) is 13.0 Å². The summed E-state index contributed by atoms with van der Waals surface area (Å²) in [6.45, 7) is 3.41. The SMILES string of the molecule is COC(=O)c1c(NC(=O)c2cccc(C)c2)sc(C(=O)Nc2cccc([N+](=O)[O-])c2)c1C. The molecule has 164 valence electrons. The number of hydrogen-bond donors (Lipinski definition) is 2. The summed E-state index contributed by atoms with van der Waals surface area (Å²) in [4.78, 5) is 48.5. The number of non-ortho nitro benzene ring substituents is 1. The van der Waals surface area contributed by atoms with Gasteiger partial charge in [-0.15, -0.1) is 11.3 Å². The van der Waals surface area contributed by atoms with Crippen LogP contribution < -0.4 is 10.6 Å². The Morgan fingerprint density at radius 3 is 2.38 bits per heavy atom. The first-order valence-electron chi connectivity index (χ1n) is 9.36. The van der Waals surface area contributed by atoms with Crippen LogP contribution in [0.1, 0.15) is 41.5 Å². The van der Waals surface area contributed by atoms with Gasteiger partial charge in [0.1, 0.15) is 5.00 Å². The van der Waals surface area contributed by atoms with Gasteiger partial charge >= 0.3 is 5.97 Å². The predicted octanol–water partition coefficient (Wildman–Crippen LogP) is 4.56. The number of benzene rings is 2. The van der Waals surface area contributed by atoms with E-state index in [0.717, 1.165) is 16.9 Å². The van der Waals surface area contributed by atoms with E-state index in [1.165, 1.54) is 31.4 Å². The van der Waals surface area contributed by atoms with Crippen molar-refractivity contribution in [2.24, 2.45) is 0 Å². The average molecular weight is 453 g/mol. The topological polar surface area (TPSA) is 128 Å². The molecular weight excluding hydrogens is 434 g/mol. The molecular formula is C22H19N3O6S. The summed E-state index contributed by atoms with van der Waals surface area (Å²) < 4.78 is 4.83. The second-order valence-corrected chi connectivity index (χ2v) is 7.86. The quantitative estimate of drug-likeness (QED) is 0.320. The molecule has 32 heavy (non-hydrogen) atoms. The second kappa shape index (κ2) is 9.40. The number of carbonyl (C=O) groups is 3. The van der Waals surface area contributed by atoms with Gasteiger partial charge in [0.25, 0.3) is 17.5 Å². The van der Waals surface area contributed by atoms with E-state index in [2.05, 4.69) is 10.6 Å². The summed E-state index contributed by atoms with van der Waals surface area (Å²) in [5.41, 5.74) is 1.74. The van der Waals surface area contributed by atoms with Crippen molar-refractivity contribution in [1.82, 2.24) is 0 Å². The molecule has 0 aliphatic rings. The van der Waals surface area contributed by atoms with Gasteiger partial charge in [-0.2, -0.15) is 0 Å². The Morgan fingerprint density at radius 1 is 1.00 bits per heavy atom. The Hall–Kier alpha value is -4.05. The van der Waals surface area contributed by atoms with Gasteiger partial charge in [0.2, 0.25) is 0 Å². The molecule has 0 saturated carbocycles. The van der Waals surface area contributed by atoms with E-state index in [-0.39, 0.29) is 26.8 Å². The maximum Gasteiger partial charge on any atom is 0.341 e. The Morgan fingerprint density at radius 2 is 1.72 bits per heavy atom. The summed E-state index contributed by atoms with van der Waals surface area (Å²) in [7, 11) is 1.20. The van der Waals surface area contributed by atoms with Gasteiger partial charge < -0.3 is 15.4 Å². The van der Waals surface area contributed by atoms with Crippen molar-refractivity contribution < 1.29 is 24.0 Å². The summed E-state index contributed by atoms with van der Waals surface area (Å²) in [6, 6.07) is 12.4. The van der Waals surface area contributed by atoms with Gasteiger partial charge in [0.15, 0.2) is 0 Å². The maximum atomic E-state index is 12.9.